The largest absolute Gasteiger partial charge is 0.480 e. The zero-order valence-corrected chi connectivity index (χ0v) is 22.4. The lowest BCUT2D eigenvalue weighted by Gasteiger charge is -2.58. The molecule has 1 N–H and O–H groups in total. The fourth-order valence-corrected chi connectivity index (χ4v) is 8.67. The molecule has 4 fully saturated rings. The Hall–Kier alpha value is -3.48. The van der Waals surface area contributed by atoms with E-state index >= 15 is 0 Å². The van der Waals surface area contributed by atoms with Crippen LogP contribution in [0.25, 0.3) is 0 Å². The molecular formula is C32H36N2O5. The molecule has 7 rings (SSSR count). The Kier molecular flexibility index (Phi) is 6.56. The number of rotatable bonds is 5. The number of carbonyl (C=O) groups is 4. The molecule has 39 heavy (non-hydrogen) atoms. The predicted octanol–water partition coefficient (Wildman–Crippen LogP) is 5.08. The summed E-state index contributed by atoms with van der Waals surface area (Å²) in [6.45, 7) is 1.55. The molecule has 5 aliphatic rings. The van der Waals surface area contributed by atoms with Gasteiger partial charge < -0.3 is 14.9 Å². The summed E-state index contributed by atoms with van der Waals surface area (Å²) in [5, 5.41) is 10.3. The molecule has 0 unspecified atom stereocenters. The molecule has 0 saturated heterocycles. The lowest BCUT2D eigenvalue weighted by Crippen LogP contribution is -2.59. The van der Waals surface area contributed by atoms with Crippen LogP contribution in [0.5, 0.6) is 0 Å². The van der Waals surface area contributed by atoms with E-state index in [4.69, 9.17) is 0 Å². The van der Waals surface area contributed by atoms with Gasteiger partial charge in [-0.1, -0.05) is 42.5 Å². The van der Waals surface area contributed by atoms with Gasteiger partial charge in [-0.25, -0.2) is 4.79 Å². The molecular weight excluding hydrogens is 492 g/mol. The van der Waals surface area contributed by atoms with Gasteiger partial charge in [0.25, 0.3) is 0 Å². The number of benzene rings is 2. The SMILES string of the molecule is CC(=O)N1[C@@H](C(=O)O)CC(=O)c2ccccc2N(Cc2ccccc2)C(=O)[C@@H]1CC12CC3CC(CC(C3)C1)C2. The number of carboxylic acids is 1. The summed E-state index contributed by atoms with van der Waals surface area (Å²) in [4.78, 5) is 57.1. The molecule has 2 amide bonds. The molecule has 2 aromatic rings. The van der Waals surface area contributed by atoms with Crippen LogP contribution in [0.3, 0.4) is 0 Å². The van der Waals surface area contributed by atoms with Crippen LogP contribution < -0.4 is 4.90 Å². The minimum Gasteiger partial charge on any atom is -0.480 e. The Morgan fingerprint density at radius 1 is 0.897 bits per heavy atom. The summed E-state index contributed by atoms with van der Waals surface area (Å²) in [5.74, 6) is -0.493. The van der Waals surface area contributed by atoms with Gasteiger partial charge in [-0.3, -0.25) is 14.4 Å². The predicted molar refractivity (Wildman–Crippen MR) is 146 cm³/mol. The van der Waals surface area contributed by atoms with Crippen molar-refractivity contribution >= 4 is 29.3 Å². The highest BCUT2D eigenvalue weighted by atomic mass is 16.4. The molecule has 2 atom stereocenters. The first kappa shape index (κ1) is 25.8. The topological polar surface area (TPSA) is 95.0 Å². The summed E-state index contributed by atoms with van der Waals surface area (Å²) in [7, 11) is 0. The van der Waals surface area contributed by atoms with E-state index in [-0.39, 0.29) is 30.1 Å². The van der Waals surface area contributed by atoms with Crippen LogP contribution in [0.4, 0.5) is 5.69 Å². The Balaban J connectivity index is 1.48. The minimum absolute atomic E-state index is 0.0815. The fourth-order valence-electron chi connectivity index (χ4n) is 8.67. The maximum absolute atomic E-state index is 14.8. The minimum atomic E-state index is -1.40. The quantitative estimate of drug-likeness (QED) is 0.584. The third kappa shape index (κ3) is 4.77. The van der Waals surface area contributed by atoms with E-state index in [1.807, 2.05) is 30.3 Å². The van der Waals surface area contributed by atoms with Crippen LogP contribution >= 0.6 is 0 Å². The van der Waals surface area contributed by atoms with Crippen molar-refractivity contribution in [2.75, 3.05) is 4.90 Å². The van der Waals surface area contributed by atoms with E-state index in [9.17, 15) is 24.3 Å². The molecule has 1 aliphatic heterocycles. The smallest absolute Gasteiger partial charge is 0.326 e. The summed E-state index contributed by atoms with van der Waals surface area (Å²) < 4.78 is 0. The number of carbonyl (C=O) groups excluding carboxylic acids is 3. The summed E-state index contributed by atoms with van der Waals surface area (Å²) in [6.07, 6.45) is 6.90. The van der Waals surface area contributed by atoms with Crippen LogP contribution in [0.15, 0.2) is 54.6 Å². The number of fused-ring (bicyclic) bond motifs is 1. The van der Waals surface area contributed by atoms with Crippen molar-refractivity contribution < 1.29 is 24.3 Å². The van der Waals surface area contributed by atoms with E-state index < -0.39 is 24.0 Å². The molecule has 7 nitrogen and oxygen atoms in total. The molecule has 0 aromatic heterocycles. The van der Waals surface area contributed by atoms with Gasteiger partial charge in [-0.05, 0) is 85.8 Å². The number of aliphatic carboxylic acids is 1. The van der Waals surface area contributed by atoms with E-state index in [1.54, 1.807) is 29.2 Å². The van der Waals surface area contributed by atoms with Gasteiger partial charge in [-0.2, -0.15) is 0 Å². The first-order valence-electron chi connectivity index (χ1n) is 14.2. The number of anilines is 1. The molecule has 7 heteroatoms. The van der Waals surface area contributed by atoms with Crippen LogP contribution in [0.1, 0.15) is 74.2 Å². The van der Waals surface area contributed by atoms with Gasteiger partial charge in [0.2, 0.25) is 11.8 Å². The van der Waals surface area contributed by atoms with Crippen molar-refractivity contribution in [1.29, 1.82) is 0 Å². The van der Waals surface area contributed by atoms with Crippen LogP contribution in [0.2, 0.25) is 0 Å². The average Bonchev–Trinajstić information content (AvgIpc) is 2.92. The number of hydrogen-bond donors (Lipinski definition) is 1. The number of Topliss-reactive ketones (excluding diaryl/α,β-unsaturated/α-hetero) is 1. The van der Waals surface area contributed by atoms with Crippen molar-refractivity contribution in [1.82, 2.24) is 4.90 Å². The first-order valence-corrected chi connectivity index (χ1v) is 14.2. The van der Waals surface area contributed by atoms with Crippen LogP contribution in [-0.2, 0) is 20.9 Å². The lowest BCUT2D eigenvalue weighted by molar-refractivity contribution is -0.156. The molecule has 204 valence electrons. The number of para-hydroxylation sites is 1. The van der Waals surface area contributed by atoms with Gasteiger partial charge in [0.15, 0.2) is 5.78 Å². The normalized spacial score (nSPS) is 31.9. The summed E-state index contributed by atoms with van der Waals surface area (Å²) in [5.41, 5.74) is 1.60. The van der Waals surface area contributed by atoms with Gasteiger partial charge in [-0.15, -0.1) is 0 Å². The van der Waals surface area contributed by atoms with Crippen molar-refractivity contribution in [2.45, 2.75) is 76.9 Å². The van der Waals surface area contributed by atoms with E-state index in [2.05, 4.69) is 0 Å². The van der Waals surface area contributed by atoms with Crippen LogP contribution in [-0.4, -0.2) is 45.7 Å². The monoisotopic (exact) mass is 528 g/mol. The first-order chi connectivity index (χ1) is 18.7. The Morgan fingerprint density at radius 2 is 1.49 bits per heavy atom. The molecule has 0 radical (unpaired) electrons. The number of ketones is 1. The fraction of sp³-hybridized carbons (Fsp3) is 0.500. The second kappa shape index (κ2) is 9.92. The summed E-state index contributed by atoms with van der Waals surface area (Å²) >= 11 is 0. The number of hydrogen-bond acceptors (Lipinski definition) is 4. The van der Waals surface area contributed by atoms with E-state index in [0.717, 1.165) is 24.8 Å². The molecule has 1 heterocycles. The molecule has 0 spiro atoms. The number of carboxylic acid groups (broad SMARTS) is 1. The second-order valence-corrected chi connectivity index (χ2v) is 12.5. The zero-order valence-electron chi connectivity index (χ0n) is 22.4. The van der Waals surface area contributed by atoms with E-state index in [1.165, 1.54) is 31.1 Å². The van der Waals surface area contributed by atoms with Crippen molar-refractivity contribution in [3.05, 3.63) is 65.7 Å². The highest BCUT2D eigenvalue weighted by Gasteiger charge is 2.54. The highest BCUT2D eigenvalue weighted by molar-refractivity contribution is 6.10. The average molecular weight is 529 g/mol. The van der Waals surface area contributed by atoms with Crippen molar-refractivity contribution in [3.63, 3.8) is 0 Å². The third-order valence-electron chi connectivity index (χ3n) is 9.72. The Bertz CT molecular complexity index is 1270. The van der Waals surface area contributed by atoms with Crippen molar-refractivity contribution in [2.24, 2.45) is 23.2 Å². The molecule has 2 aromatic carbocycles. The number of amides is 2. The second-order valence-electron chi connectivity index (χ2n) is 12.5. The molecule has 4 bridgehead atoms. The van der Waals surface area contributed by atoms with Gasteiger partial charge in [0.1, 0.15) is 12.1 Å². The standard InChI is InChI=1S/C32H36N2O5/c1-20(35)34-27(31(38)39)14-29(36)25-9-5-6-10-26(25)33(19-21-7-3-2-4-8-21)30(37)28(34)18-32-15-22-11-23(16-32)13-24(12-22)17-32/h2-10,22-24,27-28H,11-19H2,1H3,(H,38,39)/t22?,23?,24?,27-,28+,32?/m1/s1. The summed E-state index contributed by atoms with van der Waals surface area (Å²) in [6, 6.07) is 14.2. The zero-order chi connectivity index (χ0) is 27.3. The van der Waals surface area contributed by atoms with Gasteiger partial charge in [0.05, 0.1) is 12.2 Å². The van der Waals surface area contributed by atoms with Crippen LogP contribution in [0, 0.1) is 23.2 Å². The third-order valence-corrected chi connectivity index (χ3v) is 9.72. The Morgan fingerprint density at radius 3 is 2.08 bits per heavy atom. The lowest BCUT2D eigenvalue weighted by atomic mass is 9.48. The maximum Gasteiger partial charge on any atom is 0.326 e. The van der Waals surface area contributed by atoms with Gasteiger partial charge in [0, 0.05) is 18.9 Å². The number of nitrogens with zero attached hydrogens (tertiary/aromatic N) is 2. The Labute approximate surface area is 229 Å². The van der Waals surface area contributed by atoms with E-state index in [0.29, 0.717) is 35.4 Å². The molecule has 4 aliphatic carbocycles. The van der Waals surface area contributed by atoms with Gasteiger partial charge >= 0.3 is 5.97 Å². The molecule has 4 saturated carbocycles. The highest BCUT2D eigenvalue weighted by Crippen LogP contribution is 2.62. The van der Waals surface area contributed by atoms with Crippen molar-refractivity contribution in [3.8, 4) is 0 Å². The maximum atomic E-state index is 14.8.